The average Bonchev–Trinajstić information content (AvgIpc) is 2.79. The SMILES string of the molecule is CC1(c2cccc(Cl)c2)NC(=O)N(CCOc2cccc(Br)c2)C1=O. The van der Waals surface area contributed by atoms with Crippen molar-refractivity contribution in [3.63, 3.8) is 0 Å². The summed E-state index contributed by atoms with van der Waals surface area (Å²) in [5, 5.41) is 3.26. The van der Waals surface area contributed by atoms with Crippen LogP contribution >= 0.6 is 27.5 Å². The molecule has 0 saturated carbocycles. The van der Waals surface area contributed by atoms with Gasteiger partial charge in [0.25, 0.3) is 5.91 Å². The average molecular weight is 424 g/mol. The van der Waals surface area contributed by atoms with Gasteiger partial charge in [0.1, 0.15) is 17.9 Å². The molecule has 130 valence electrons. The number of carbonyl (C=O) groups excluding carboxylic acids is 2. The van der Waals surface area contributed by atoms with E-state index in [2.05, 4.69) is 21.2 Å². The molecule has 3 amide bonds. The van der Waals surface area contributed by atoms with Crippen molar-refractivity contribution in [1.82, 2.24) is 10.2 Å². The van der Waals surface area contributed by atoms with Crippen molar-refractivity contribution in [2.24, 2.45) is 0 Å². The number of urea groups is 1. The molecule has 1 heterocycles. The molecular formula is C18H16BrClN2O3. The van der Waals surface area contributed by atoms with Crippen LogP contribution in [0.4, 0.5) is 4.79 Å². The van der Waals surface area contributed by atoms with Gasteiger partial charge in [-0.15, -0.1) is 0 Å². The lowest BCUT2D eigenvalue weighted by atomic mass is 9.92. The van der Waals surface area contributed by atoms with E-state index in [4.69, 9.17) is 16.3 Å². The Hall–Kier alpha value is -2.05. The van der Waals surface area contributed by atoms with Gasteiger partial charge >= 0.3 is 6.03 Å². The first-order valence-electron chi connectivity index (χ1n) is 7.69. The van der Waals surface area contributed by atoms with Gasteiger partial charge in [-0.1, -0.05) is 45.7 Å². The molecule has 0 spiro atoms. The van der Waals surface area contributed by atoms with Crippen molar-refractivity contribution < 1.29 is 14.3 Å². The minimum absolute atomic E-state index is 0.160. The standard InChI is InChI=1S/C18H16BrClN2O3/c1-18(12-4-2-6-14(20)10-12)16(23)22(17(24)21-18)8-9-25-15-7-3-5-13(19)11-15/h2-7,10-11H,8-9H2,1H3,(H,21,24). The zero-order valence-corrected chi connectivity index (χ0v) is 15.8. The summed E-state index contributed by atoms with van der Waals surface area (Å²) in [4.78, 5) is 26.2. The van der Waals surface area contributed by atoms with E-state index >= 15 is 0 Å². The first kappa shape index (κ1) is 17.8. The lowest BCUT2D eigenvalue weighted by Gasteiger charge is -2.22. The fourth-order valence-corrected chi connectivity index (χ4v) is 3.28. The fourth-order valence-electron chi connectivity index (χ4n) is 2.71. The quantitative estimate of drug-likeness (QED) is 0.741. The number of imide groups is 1. The number of nitrogens with one attached hydrogen (secondary N) is 1. The lowest BCUT2D eigenvalue weighted by Crippen LogP contribution is -2.41. The van der Waals surface area contributed by atoms with E-state index in [1.165, 1.54) is 4.90 Å². The third kappa shape index (κ3) is 3.65. The highest BCUT2D eigenvalue weighted by atomic mass is 79.9. The molecule has 1 N–H and O–H groups in total. The van der Waals surface area contributed by atoms with E-state index in [-0.39, 0.29) is 19.1 Å². The molecular weight excluding hydrogens is 408 g/mol. The predicted molar refractivity (Wildman–Crippen MR) is 98.7 cm³/mol. The molecule has 1 aliphatic rings. The fraction of sp³-hybridized carbons (Fsp3) is 0.222. The molecule has 0 radical (unpaired) electrons. The third-order valence-electron chi connectivity index (χ3n) is 4.06. The van der Waals surface area contributed by atoms with Crippen LogP contribution in [0.2, 0.25) is 5.02 Å². The highest BCUT2D eigenvalue weighted by Gasteiger charge is 2.48. The number of amides is 3. The smallest absolute Gasteiger partial charge is 0.325 e. The molecule has 5 nitrogen and oxygen atoms in total. The summed E-state index contributed by atoms with van der Waals surface area (Å²) >= 11 is 9.38. The van der Waals surface area contributed by atoms with Gasteiger partial charge in [-0.05, 0) is 42.8 Å². The zero-order valence-electron chi connectivity index (χ0n) is 13.5. The molecule has 1 saturated heterocycles. The van der Waals surface area contributed by atoms with Crippen LogP contribution in [0.1, 0.15) is 12.5 Å². The maximum absolute atomic E-state index is 12.8. The summed E-state index contributed by atoms with van der Waals surface area (Å²) in [5.74, 6) is 0.344. The number of benzene rings is 2. The van der Waals surface area contributed by atoms with Crippen molar-refractivity contribution in [2.45, 2.75) is 12.5 Å². The summed E-state index contributed by atoms with van der Waals surface area (Å²) in [6, 6.07) is 13.9. The van der Waals surface area contributed by atoms with Gasteiger partial charge in [-0.2, -0.15) is 0 Å². The van der Waals surface area contributed by atoms with Crippen LogP contribution in [-0.2, 0) is 10.3 Å². The minimum atomic E-state index is -1.13. The Bertz CT molecular complexity index is 829. The largest absolute Gasteiger partial charge is 0.492 e. The Morgan fingerprint density at radius 1 is 1.20 bits per heavy atom. The molecule has 7 heteroatoms. The molecule has 2 aromatic carbocycles. The second kappa shape index (κ2) is 7.06. The molecule has 0 aromatic heterocycles. The Labute approximate surface area is 159 Å². The summed E-state index contributed by atoms with van der Waals surface area (Å²) in [6.07, 6.45) is 0. The molecule has 1 atom stereocenters. The van der Waals surface area contributed by atoms with Gasteiger partial charge in [0.05, 0.1) is 6.54 Å². The number of ether oxygens (including phenoxy) is 1. The predicted octanol–water partition coefficient (Wildman–Crippen LogP) is 3.95. The molecule has 1 aliphatic heterocycles. The van der Waals surface area contributed by atoms with Crippen LogP contribution < -0.4 is 10.1 Å². The molecule has 0 bridgehead atoms. The van der Waals surface area contributed by atoms with Crippen molar-refractivity contribution >= 4 is 39.5 Å². The number of hydrogen-bond donors (Lipinski definition) is 1. The second-order valence-electron chi connectivity index (χ2n) is 5.83. The Morgan fingerprint density at radius 3 is 2.68 bits per heavy atom. The first-order chi connectivity index (χ1) is 11.9. The third-order valence-corrected chi connectivity index (χ3v) is 4.78. The van der Waals surface area contributed by atoms with Crippen LogP contribution in [-0.4, -0.2) is 30.0 Å². The normalized spacial score (nSPS) is 19.9. The molecule has 1 unspecified atom stereocenters. The van der Waals surface area contributed by atoms with Crippen molar-refractivity contribution in [3.05, 3.63) is 63.6 Å². The Balaban J connectivity index is 1.69. The zero-order chi connectivity index (χ0) is 18.0. The van der Waals surface area contributed by atoms with E-state index in [9.17, 15) is 9.59 Å². The number of carbonyl (C=O) groups is 2. The van der Waals surface area contributed by atoms with E-state index in [1.807, 2.05) is 24.3 Å². The van der Waals surface area contributed by atoms with E-state index in [1.54, 1.807) is 31.2 Å². The highest BCUT2D eigenvalue weighted by Crippen LogP contribution is 2.30. The highest BCUT2D eigenvalue weighted by molar-refractivity contribution is 9.10. The summed E-state index contributed by atoms with van der Waals surface area (Å²) in [6.45, 7) is 2.04. The van der Waals surface area contributed by atoms with Crippen LogP contribution in [0.5, 0.6) is 5.75 Å². The minimum Gasteiger partial charge on any atom is -0.492 e. The molecule has 1 fully saturated rings. The summed E-state index contributed by atoms with van der Waals surface area (Å²) in [5.41, 5.74) is -0.480. The maximum atomic E-state index is 12.8. The number of rotatable bonds is 5. The van der Waals surface area contributed by atoms with Crippen LogP contribution in [0.15, 0.2) is 53.0 Å². The van der Waals surface area contributed by atoms with Gasteiger partial charge in [0.2, 0.25) is 0 Å². The number of hydrogen-bond acceptors (Lipinski definition) is 3. The lowest BCUT2D eigenvalue weighted by molar-refractivity contribution is -0.131. The first-order valence-corrected chi connectivity index (χ1v) is 8.86. The number of halogens is 2. The summed E-state index contributed by atoms with van der Waals surface area (Å²) < 4.78 is 6.51. The van der Waals surface area contributed by atoms with Gasteiger partial charge in [0.15, 0.2) is 0 Å². The van der Waals surface area contributed by atoms with E-state index in [0.717, 1.165) is 4.47 Å². The monoisotopic (exact) mass is 422 g/mol. The topological polar surface area (TPSA) is 58.6 Å². The van der Waals surface area contributed by atoms with E-state index < -0.39 is 11.6 Å². The van der Waals surface area contributed by atoms with Crippen molar-refractivity contribution in [1.29, 1.82) is 0 Å². The second-order valence-corrected chi connectivity index (χ2v) is 7.18. The maximum Gasteiger partial charge on any atom is 0.325 e. The molecule has 0 aliphatic carbocycles. The van der Waals surface area contributed by atoms with Gasteiger partial charge in [-0.3, -0.25) is 9.69 Å². The van der Waals surface area contributed by atoms with Crippen molar-refractivity contribution in [2.75, 3.05) is 13.2 Å². The van der Waals surface area contributed by atoms with Crippen molar-refractivity contribution in [3.8, 4) is 5.75 Å². The molecule has 2 aromatic rings. The van der Waals surface area contributed by atoms with Gasteiger partial charge in [0, 0.05) is 9.50 Å². The number of nitrogens with zero attached hydrogens (tertiary/aromatic N) is 1. The summed E-state index contributed by atoms with van der Waals surface area (Å²) in [7, 11) is 0. The van der Waals surface area contributed by atoms with Crippen LogP contribution in [0, 0.1) is 0 Å². The van der Waals surface area contributed by atoms with Crippen LogP contribution in [0.3, 0.4) is 0 Å². The molecule has 25 heavy (non-hydrogen) atoms. The van der Waals surface area contributed by atoms with Gasteiger partial charge < -0.3 is 10.1 Å². The Morgan fingerprint density at radius 2 is 1.96 bits per heavy atom. The van der Waals surface area contributed by atoms with E-state index in [0.29, 0.717) is 16.3 Å². The molecule has 3 rings (SSSR count). The van der Waals surface area contributed by atoms with Crippen LogP contribution in [0.25, 0.3) is 0 Å². The Kier molecular flexibility index (Phi) is 5.01. The van der Waals surface area contributed by atoms with Gasteiger partial charge in [-0.25, -0.2) is 4.79 Å².